The Morgan fingerprint density at radius 3 is 2.11 bits per heavy atom. The minimum Gasteiger partial charge on any atom is -0.475 e. The zero-order valence-corrected chi connectivity index (χ0v) is 26.6. The van der Waals surface area contributed by atoms with Crippen molar-refractivity contribution >= 4 is 27.6 Å². The molecule has 244 valence electrons. The zero-order valence-electron chi connectivity index (χ0n) is 25.8. The molecule has 1 N–H and O–H groups in total. The fourth-order valence-corrected chi connectivity index (χ4v) is 7.67. The first-order valence-corrected chi connectivity index (χ1v) is 15.9. The lowest BCUT2D eigenvalue weighted by Gasteiger charge is -2.38. The summed E-state index contributed by atoms with van der Waals surface area (Å²) in [6, 6.07) is 14.5. The number of anilines is 1. The van der Waals surface area contributed by atoms with Crippen molar-refractivity contribution in [1.29, 1.82) is 0 Å². The highest BCUT2D eigenvalue weighted by Gasteiger charge is 2.46. The lowest BCUT2D eigenvalue weighted by molar-refractivity contribution is -0.192. The van der Waals surface area contributed by atoms with Gasteiger partial charge in [0.25, 0.3) is 0 Å². The van der Waals surface area contributed by atoms with Gasteiger partial charge < -0.3 is 19.4 Å². The van der Waals surface area contributed by atoms with Crippen LogP contribution in [0.4, 0.5) is 18.9 Å². The van der Waals surface area contributed by atoms with E-state index in [4.69, 9.17) is 14.4 Å². The summed E-state index contributed by atoms with van der Waals surface area (Å²) in [6.07, 6.45) is -5.08. The second-order valence-corrected chi connectivity index (χ2v) is 13.4. The molecule has 1 aromatic heterocycles. The maximum atomic E-state index is 14.0. The number of aryl methyl sites for hydroxylation is 5. The first-order valence-electron chi connectivity index (χ1n) is 14.4. The Hall–Kier alpha value is -3.91. The molecule has 2 saturated heterocycles. The van der Waals surface area contributed by atoms with Crippen LogP contribution in [-0.4, -0.2) is 85.2 Å². The Balaban J connectivity index is 0.000000591. The van der Waals surface area contributed by atoms with Gasteiger partial charge in [-0.05, 0) is 57.4 Å². The molecule has 0 spiro atoms. The predicted molar refractivity (Wildman–Crippen MR) is 161 cm³/mol. The number of aliphatic carboxylic acids is 1. The van der Waals surface area contributed by atoms with Gasteiger partial charge in [-0.25, -0.2) is 13.2 Å². The van der Waals surface area contributed by atoms with Crippen molar-refractivity contribution in [3.63, 3.8) is 0 Å². The van der Waals surface area contributed by atoms with Crippen LogP contribution in [0.15, 0.2) is 51.9 Å². The van der Waals surface area contributed by atoms with Crippen LogP contribution in [0.3, 0.4) is 0 Å². The fraction of sp³-hybridized carbons (Fsp3) is 0.452. The normalized spacial score (nSPS) is 19.3. The number of amides is 1. The van der Waals surface area contributed by atoms with Crippen LogP contribution in [0, 0.1) is 40.5 Å². The van der Waals surface area contributed by atoms with E-state index in [0.29, 0.717) is 18.8 Å². The molecule has 1 amide bonds. The quantitative estimate of drug-likeness (QED) is 0.425. The van der Waals surface area contributed by atoms with E-state index in [9.17, 15) is 26.4 Å². The highest BCUT2D eigenvalue weighted by molar-refractivity contribution is 7.89. The smallest absolute Gasteiger partial charge is 0.475 e. The minimum atomic E-state index is -5.08. The van der Waals surface area contributed by atoms with Crippen molar-refractivity contribution in [2.45, 2.75) is 51.6 Å². The molecule has 0 radical (unpaired) electrons. The monoisotopic (exact) mass is 650 g/mol. The predicted octanol–water partition coefficient (Wildman–Crippen LogP) is 4.60. The number of hydrogen-bond donors (Lipinski definition) is 1. The first-order chi connectivity index (χ1) is 21.0. The summed E-state index contributed by atoms with van der Waals surface area (Å²) in [5, 5.41) is 11.0. The highest BCUT2D eigenvalue weighted by Crippen LogP contribution is 2.38. The molecule has 3 heterocycles. The van der Waals surface area contributed by atoms with Crippen LogP contribution in [0.1, 0.15) is 39.6 Å². The number of piperazine rings is 1. The largest absolute Gasteiger partial charge is 0.490 e. The van der Waals surface area contributed by atoms with Crippen molar-refractivity contribution in [2.24, 2.45) is 5.92 Å². The van der Waals surface area contributed by atoms with Crippen molar-refractivity contribution in [2.75, 3.05) is 44.2 Å². The molecule has 2 aromatic carbocycles. The van der Waals surface area contributed by atoms with Crippen molar-refractivity contribution < 1.29 is 40.8 Å². The number of halogens is 3. The Labute approximate surface area is 260 Å². The number of alkyl halides is 3. The summed E-state index contributed by atoms with van der Waals surface area (Å²) in [5.41, 5.74) is 6.08. The fourth-order valence-electron chi connectivity index (χ4n) is 5.89. The number of carboxylic acid groups (broad SMARTS) is 1. The van der Waals surface area contributed by atoms with E-state index in [2.05, 4.69) is 48.2 Å². The van der Waals surface area contributed by atoms with Crippen molar-refractivity contribution in [3.8, 4) is 0 Å². The lowest BCUT2D eigenvalue weighted by atomic mass is 9.87. The standard InChI is InChI=1S/C29H36N4O4S.C2HF3O2/c1-19-7-6-8-24(15-19)25-17-33(38(35,36)28-22(4)30-37-23(28)5)18-26(25)29(34)32-13-11-31(12-14-32)27-16-20(2)9-10-21(27)3;3-2(4,5)1(6)7/h6-10,15-16,25-26H,11-14,17-18H2,1-5H3;(H,6,7)/t25-,26?;/m0./s1. The van der Waals surface area contributed by atoms with E-state index in [1.807, 2.05) is 30.0 Å². The van der Waals surface area contributed by atoms with Crippen LogP contribution in [0.2, 0.25) is 0 Å². The Bertz CT molecular complexity index is 1650. The topological polar surface area (TPSA) is 124 Å². The molecule has 14 heteroatoms. The second-order valence-electron chi connectivity index (χ2n) is 11.5. The number of carbonyl (C=O) groups is 2. The second kappa shape index (κ2) is 13.2. The van der Waals surface area contributed by atoms with Gasteiger partial charge in [0.1, 0.15) is 10.6 Å². The maximum Gasteiger partial charge on any atom is 0.490 e. The number of rotatable bonds is 5. The number of aromatic nitrogens is 1. The zero-order chi connectivity index (χ0) is 33.3. The molecular weight excluding hydrogens is 613 g/mol. The molecule has 3 aromatic rings. The number of sulfonamides is 1. The summed E-state index contributed by atoms with van der Waals surface area (Å²) >= 11 is 0. The molecular formula is C31H37F3N4O6S. The Morgan fingerprint density at radius 2 is 1.56 bits per heavy atom. The number of carboxylic acids is 1. The van der Waals surface area contributed by atoms with Gasteiger partial charge in [0.05, 0.1) is 5.92 Å². The third-order valence-electron chi connectivity index (χ3n) is 8.18. The van der Waals surface area contributed by atoms with Gasteiger partial charge in [-0.3, -0.25) is 4.79 Å². The summed E-state index contributed by atoms with van der Waals surface area (Å²) < 4.78 is 65.7. The SMILES string of the molecule is Cc1cccc([C@@H]2CN(S(=O)(=O)c3c(C)noc3C)CC2C(=O)N2CCN(c3cc(C)ccc3C)CC2)c1.O=C(O)C(F)(F)F. The molecule has 2 atom stereocenters. The van der Waals surface area contributed by atoms with Gasteiger partial charge in [0, 0.05) is 50.9 Å². The number of nitrogens with zero attached hydrogens (tertiary/aromatic N) is 4. The Morgan fingerprint density at radius 1 is 0.933 bits per heavy atom. The highest BCUT2D eigenvalue weighted by atomic mass is 32.2. The number of carbonyl (C=O) groups excluding carboxylic acids is 1. The average Bonchev–Trinajstić information content (AvgIpc) is 3.58. The van der Waals surface area contributed by atoms with Crippen LogP contribution in [0.5, 0.6) is 0 Å². The van der Waals surface area contributed by atoms with Crippen LogP contribution < -0.4 is 4.90 Å². The molecule has 1 unspecified atom stereocenters. The lowest BCUT2D eigenvalue weighted by Crippen LogP contribution is -2.51. The van der Waals surface area contributed by atoms with E-state index in [0.717, 1.165) is 24.2 Å². The molecule has 0 aliphatic carbocycles. The van der Waals surface area contributed by atoms with Gasteiger partial charge in [-0.2, -0.15) is 17.5 Å². The summed E-state index contributed by atoms with van der Waals surface area (Å²) in [7, 11) is -3.86. The van der Waals surface area contributed by atoms with Gasteiger partial charge >= 0.3 is 12.1 Å². The molecule has 0 bridgehead atoms. The molecule has 0 saturated carbocycles. The first kappa shape index (κ1) is 34.0. The van der Waals surface area contributed by atoms with E-state index in [1.165, 1.54) is 21.1 Å². The maximum absolute atomic E-state index is 14.0. The van der Waals surface area contributed by atoms with Crippen molar-refractivity contribution in [1.82, 2.24) is 14.4 Å². The Kier molecular flexibility index (Phi) is 9.98. The van der Waals surface area contributed by atoms with E-state index >= 15 is 0 Å². The molecule has 45 heavy (non-hydrogen) atoms. The molecule has 10 nitrogen and oxygen atoms in total. The van der Waals surface area contributed by atoms with Gasteiger partial charge in [-0.15, -0.1) is 0 Å². The van der Waals surface area contributed by atoms with Crippen molar-refractivity contribution in [3.05, 3.63) is 76.2 Å². The van der Waals surface area contributed by atoms with Gasteiger partial charge in [0.2, 0.25) is 15.9 Å². The van der Waals surface area contributed by atoms with E-state index < -0.39 is 28.1 Å². The number of hydrogen-bond acceptors (Lipinski definition) is 7. The summed E-state index contributed by atoms with van der Waals surface area (Å²) in [6.45, 7) is 12.6. The minimum absolute atomic E-state index is 0.0218. The van der Waals surface area contributed by atoms with Crippen LogP contribution in [0.25, 0.3) is 0 Å². The van der Waals surface area contributed by atoms with Gasteiger partial charge in [0.15, 0.2) is 5.76 Å². The van der Waals surface area contributed by atoms with Crippen LogP contribution >= 0.6 is 0 Å². The summed E-state index contributed by atoms with van der Waals surface area (Å²) in [4.78, 5) is 27.2. The molecule has 5 rings (SSSR count). The molecule has 2 fully saturated rings. The third kappa shape index (κ3) is 7.50. The average molecular weight is 651 g/mol. The molecule has 2 aliphatic rings. The van der Waals surface area contributed by atoms with E-state index in [1.54, 1.807) is 13.8 Å². The van der Waals surface area contributed by atoms with E-state index in [-0.39, 0.29) is 35.6 Å². The summed E-state index contributed by atoms with van der Waals surface area (Å²) in [5.74, 6) is -3.15. The third-order valence-corrected chi connectivity index (χ3v) is 10.3. The van der Waals surface area contributed by atoms with Crippen LogP contribution in [-0.2, 0) is 19.6 Å². The molecule has 2 aliphatic heterocycles. The number of benzene rings is 2. The van der Waals surface area contributed by atoms with Gasteiger partial charge in [-0.1, -0.05) is 47.1 Å².